The highest BCUT2D eigenvalue weighted by Crippen LogP contribution is 2.25. The molecule has 1 aliphatic heterocycles. The first kappa shape index (κ1) is 14.1. The van der Waals surface area contributed by atoms with Crippen LogP contribution >= 0.6 is 0 Å². The normalized spacial score (nSPS) is 16.1. The molecular formula is C14H15N5O3. The molecule has 114 valence electrons. The highest BCUT2D eigenvalue weighted by molar-refractivity contribution is 6.00. The Morgan fingerprint density at radius 3 is 2.82 bits per heavy atom. The van der Waals surface area contributed by atoms with Gasteiger partial charge in [0.1, 0.15) is 17.6 Å². The van der Waals surface area contributed by atoms with E-state index in [1.807, 2.05) is 0 Å². The number of carbonyl (C=O) groups excluding carboxylic acids is 2. The van der Waals surface area contributed by atoms with Crippen molar-refractivity contribution in [2.24, 2.45) is 0 Å². The summed E-state index contributed by atoms with van der Waals surface area (Å²) in [6, 6.07) is 6.29. The molecule has 0 fully saturated rings. The van der Waals surface area contributed by atoms with E-state index in [1.54, 1.807) is 38.3 Å². The number of fused-ring (bicyclic) bond motifs is 1. The number of nitrogens with one attached hydrogen (secondary N) is 2. The number of rotatable bonds is 4. The lowest BCUT2D eigenvalue weighted by molar-refractivity contribution is -0.123. The first-order valence-corrected chi connectivity index (χ1v) is 6.75. The van der Waals surface area contributed by atoms with Crippen molar-refractivity contribution in [1.29, 1.82) is 0 Å². The zero-order valence-corrected chi connectivity index (χ0v) is 12.2. The van der Waals surface area contributed by atoms with E-state index < -0.39 is 6.04 Å². The number of hydrogen-bond donors (Lipinski definition) is 2. The number of nitrogens with zero attached hydrogens (tertiary/aromatic N) is 3. The molecule has 0 radical (unpaired) electrons. The average Bonchev–Trinajstić information content (AvgIpc) is 2.97. The quantitative estimate of drug-likeness (QED) is 0.881. The molecule has 8 heteroatoms. The number of ether oxygens (including phenoxy) is 1. The molecule has 1 aromatic carbocycles. The van der Waals surface area contributed by atoms with Crippen LogP contribution in [0.1, 0.15) is 18.3 Å². The van der Waals surface area contributed by atoms with Crippen LogP contribution in [0.2, 0.25) is 0 Å². The van der Waals surface area contributed by atoms with E-state index in [0.717, 1.165) is 0 Å². The summed E-state index contributed by atoms with van der Waals surface area (Å²) in [6.45, 7) is 1.73. The van der Waals surface area contributed by atoms with E-state index in [1.165, 1.54) is 4.68 Å². The van der Waals surface area contributed by atoms with Gasteiger partial charge in [0.2, 0.25) is 11.9 Å². The summed E-state index contributed by atoms with van der Waals surface area (Å²) in [5.74, 6) is 1.09. The number of anilines is 2. The van der Waals surface area contributed by atoms with E-state index in [-0.39, 0.29) is 18.2 Å². The molecular weight excluding hydrogens is 286 g/mol. The van der Waals surface area contributed by atoms with Gasteiger partial charge in [0.05, 0.1) is 13.5 Å². The maximum atomic E-state index is 12.1. The fourth-order valence-electron chi connectivity index (χ4n) is 2.28. The zero-order chi connectivity index (χ0) is 15.7. The van der Waals surface area contributed by atoms with Crippen molar-refractivity contribution in [1.82, 2.24) is 14.8 Å². The van der Waals surface area contributed by atoms with E-state index in [9.17, 15) is 9.59 Å². The maximum absolute atomic E-state index is 12.1. The number of amides is 2. The molecule has 1 aromatic heterocycles. The van der Waals surface area contributed by atoms with Crippen molar-refractivity contribution in [3.05, 3.63) is 30.1 Å². The van der Waals surface area contributed by atoms with Crippen LogP contribution < -0.4 is 15.4 Å². The largest absolute Gasteiger partial charge is 0.497 e. The van der Waals surface area contributed by atoms with Crippen LogP contribution in [0.3, 0.4) is 0 Å². The standard InChI is InChI=1S/C14H15N5O3/c1-8-15-14-17-13(21)11(19(14)18-8)7-12(20)16-9-3-5-10(22-2)6-4-9/h3-6,11H,7H2,1-2H3,(H,16,20)(H,15,17,18,21). The third kappa shape index (κ3) is 2.62. The molecule has 3 rings (SSSR count). The van der Waals surface area contributed by atoms with Gasteiger partial charge < -0.3 is 10.1 Å². The zero-order valence-electron chi connectivity index (χ0n) is 12.2. The lowest BCUT2D eigenvalue weighted by Crippen LogP contribution is -2.23. The SMILES string of the molecule is COc1ccc(NC(=O)CC2C(=O)Nc3nc(C)nn32)cc1. The summed E-state index contributed by atoms with van der Waals surface area (Å²) in [5.41, 5.74) is 0.638. The Kier molecular flexibility index (Phi) is 3.50. The number of hydrogen-bond acceptors (Lipinski definition) is 5. The van der Waals surface area contributed by atoms with Crippen molar-refractivity contribution in [2.45, 2.75) is 19.4 Å². The second-order valence-corrected chi connectivity index (χ2v) is 4.91. The molecule has 0 aliphatic carbocycles. The van der Waals surface area contributed by atoms with Crippen molar-refractivity contribution in [3.63, 3.8) is 0 Å². The molecule has 22 heavy (non-hydrogen) atoms. The Labute approximate surface area is 126 Å². The van der Waals surface area contributed by atoms with Gasteiger partial charge in [-0.05, 0) is 31.2 Å². The fraction of sp³-hybridized carbons (Fsp3) is 0.286. The van der Waals surface area contributed by atoms with Gasteiger partial charge in [0.15, 0.2) is 0 Å². The van der Waals surface area contributed by atoms with Crippen molar-refractivity contribution in [3.8, 4) is 5.75 Å². The van der Waals surface area contributed by atoms with Gasteiger partial charge in [-0.1, -0.05) is 0 Å². The molecule has 2 heterocycles. The smallest absolute Gasteiger partial charge is 0.252 e. The Hall–Kier alpha value is -2.90. The van der Waals surface area contributed by atoms with Crippen LogP contribution in [-0.4, -0.2) is 33.7 Å². The highest BCUT2D eigenvalue weighted by atomic mass is 16.5. The number of aryl methyl sites for hydroxylation is 1. The third-order valence-corrected chi connectivity index (χ3v) is 3.32. The molecule has 2 amide bonds. The van der Waals surface area contributed by atoms with Crippen molar-refractivity contribution in [2.75, 3.05) is 17.7 Å². The Morgan fingerprint density at radius 2 is 2.14 bits per heavy atom. The van der Waals surface area contributed by atoms with Crippen LogP contribution in [0.4, 0.5) is 11.6 Å². The van der Waals surface area contributed by atoms with Gasteiger partial charge in [0.25, 0.3) is 5.91 Å². The molecule has 1 unspecified atom stereocenters. The summed E-state index contributed by atoms with van der Waals surface area (Å²) in [6.07, 6.45) is -0.00629. The van der Waals surface area contributed by atoms with Gasteiger partial charge in [-0.15, -0.1) is 0 Å². The molecule has 1 atom stereocenters. The van der Waals surface area contributed by atoms with Gasteiger partial charge in [0, 0.05) is 5.69 Å². The third-order valence-electron chi connectivity index (χ3n) is 3.32. The Bertz CT molecular complexity index is 723. The lowest BCUT2D eigenvalue weighted by Gasteiger charge is -2.10. The second-order valence-electron chi connectivity index (χ2n) is 4.91. The summed E-state index contributed by atoms with van der Waals surface area (Å²) in [5, 5.41) is 9.48. The fourth-order valence-corrected chi connectivity index (χ4v) is 2.28. The van der Waals surface area contributed by atoms with Crippen LogP contribution in [-0.2, 0) is 9.59 Å². The van der Waals surface area contributed by atoms with E-state index >= 15 is 0 Å². The molecule has 2 aromatic rings. The predicted molar refractivity (Wildman–Crippen MR) is 78.7 cm³/mol. The number of benzene rings is 1. The van der Waals surface area contributed by atoms with Gasteiger partial charge >= 0.3 is 0 Å². The minimum absolute atomic E-state index is 0.00629. The topological polar surface area (TPSA) is 98.1 Å². The Morgan fingerprint density at radius 1 is 1.41 bits per heavy atom. The minimum Gasteiger partial charge on any atom is -0.497 e. The number of aromatic nitrogens is 3. The monoisotopic (exact) mass is 301 g/mol. The lowest BCUT2D eigenvalue weighted by atomic mass is 10.2. The van der Waals surface area contributed by atoms with E-state index in [2.05, 4.69) is 20.7 Å². The highest BCUT2D eigenvalue weighted by Gasteiger charge is 2.34. The van der Waals surface area contributed by atoms with E-state index in [4.69, 9.17) is 4.74 Å². The summed E-state index contributed by atoms with van der Waals surface area (Å²) >= 11 is 0. The molecule has 0 bridgehead atoms. The Balaban J connectivity index is 1.67. The number of methoxy groups -OCH3 is 1. The van der Waals surface area contributed by atoms with Crippen LogP contribution in [0.5, 0.6) is 5.75 Å². The predicted octanol–water partition coefficient (Wildman–Crippen LogP) is 1.12. The van der Waals surface area contributed by atoms with Gasteiger partial charge in [-0.2, -0.15) is 10.1 Å². The molecule has 1 aliphatic rings. The first-order chi connectivity index (χ1) is 10.6. The molecule has 0 saturated carbocycles. The maximum Gasteiger partial charge on any atom is 0.252 e. The number of carbonyl (C=O) groups is 2. The van der Waals surface area contributed by atoms with Crippen LogP contribution in [0, 0.1) is 6.92 Å². The molecule has 8 nitrogen and oxygen atoms in total. The molecule has 2 N–H and O–H groups in total. The van der Waals surface area contributed by atoms with Crippen LogP contribution in [0.25, 0.3) is 0 Å². The van der Waals surface area contributed by atoms with Crippen molar-refractivity contribution >= 4 is 23.5 Å². The average molecular weight is 301 g/mol. The molecule has 0 spiro atoms. The van der Waals surface area contributed by atoms with Crippen molar-refractivity contribution < 1.29 is 14.3 Å². The minimum atomic E-state index is -0.672. The van der Waals surface area contributed by atoms with E-state index in [0.29, 0.717) is 23.2 Å². The van der Waals surface area contributed by atoms with Gasteiger partial charge in [-0.3, -0.25) is 14.9 Å². The summed E-state index contributed by atoms with van der Waals surface area (Å²) in [4.78, 5) is 28.0. The molecule has 0 saturated heterocycles. The summed E-state index contributed by atoms with van der Waals surface area (Å²) < 4.78 is 6.50. The summed E-state index contributed by atoms with van der Waals surface area (Å²) in [7, 11) is 1.57. The van der Waals surface area contributed by atoms with Crippen LogP contribution in [0.15, 0.2) is 24.3 Å². The second kappa shape index (κ2) is 5.47. The first-order valence-electron chi connectivity index (χ1n) is 6.75. The van der Waals surface area contributed by atoms with Gasteiger partial charge in [-0.25, -0.2) is 4.68 Å².